The Kier molecular flexibility index (Phi) is 7.20. The maximum atomic E-state index is 11.6. The van der Waals surface area contributed by atoms with Crippen LogP contribution in [0.1, 0.15) is 22.1 Å². The van der Waals surface area contributed by atoms with Gasteiger partial charge in [-0.05, 0) is 22.6 Å². The Hall–Kier alpha value is -1.93. The summed E-state index contributed by atoms with van der Waals surface area (Å²) in [7, 11) is 1.59. The molecule has 1 aromatic heterocycles. The molecule has 24 heavy (non-hydrogen) atoms. The quantitative estimate of drug-likeness (QED) is 0.679. The highest BCUT2D eigenvalue weighted by atomic mass is 32.1. The molecule has 2 atom stereocenters. The van der Waals surface area contributed by atoms with E-state index in [1.54, 1.807) is 18.6 Å². The van der Waals surface area contributed by atoms with E-state index in [1.807, 2.05) is 30.3 Å². The Balaban J connectivity index is 1.74. The molecule has 130 valence electrons. The van der Waals surface area contributed by atoms with E-state index in [0.29, 0.717) is 12.2 Å². The van der Waals surface area contributed by atoms with Crippen LogP contribution in [0.25, 0.3) is 0 Å². The summed E-state index contributed by atoms with van der Waals surface area (Å²) in [6.45, 7) is 0.498. The van der Waals surface area contributed by atoms with Crippen molar-refractivity contribution < 1.29 is 24.5 Å². The number of methoxy groups -OCH3 is 1. The number of rotatable bonds is 8. The van der Waals surface area contributed by atoms with Gasteiger partial charge in [0.1, 0.15) is 18.8 Å². The first-order valence-corrected chi connectivity index (χ1v) is 8.35. The number of carbonyl (C=O) groups is 1. The number of amides is 1. The topological polar surface area (TPSA) is 88.0 Å². The molecule has 0 aliphatic carbocycles. The second-order valence-corrected chi connectivity index (χ2v) is 6.23. The third-order valence-electron chi connectivity index (χ3n) is 3.33. The minimum atomic E-state index is -1.13. The summed E-state index contributed by atoms with van der Waals surface area (Å²) < 4.78 is 10.1. The highest BCUT2D eigenvalue weighted by molar-refractivity contribution is 7.10. The van der Waals surface area contributed by atoms with Crippen LogP contribution in [0.15, 0.2) is 41.8 Å². The number of thiophene rings is 1. The van der Waals surface area contributed by atoms with Gasteiger partial charge in [0.25, 0.3) is 0 Å². The van der Waals surface area contributed by atoms with Crippen molar-refractivity contribution in [3.63, 3.8) is 0 Å². The van der Waals surface area contributed by atoms with Crippen molar-refractivity contribution in [1.29, 1.82) is 0 Å². The minimum absolute atomic E-state index is 0.107. The molecule has 2 aromatic rings. The van der Waals surface area contributed by atoms with E-state index in [-0.39, 0.29) is 13.2 Å². The number of hydrogen-bond donors (Lipinski definition) is 3. The SMILES string of the molecule is COCc1cc(C(O)C(O)CNC(=O)OCc2ccccc2)cs1. The van der Waals surface area contributed by atoms with Crippen molar-refractivity contribution in [1.82, 2.24) is 5.32 Å². The first-order valence-electron chi connectivity index (χ1n) is 7.47. The van der Waals surface area contributed by atoms with Crippen LogP contribution in [0.3, 0.4) is 0 Å². The molecule has 0 bridgehead atoms. The third kappa shape index (κ3) is 5.61. The molecule has 6 nitrogen and oxygen atoms in total. The third-order valence-corrected chi connectivity index (χ3v) is 4.26. The van der Waals surface area contributed by atoms with E-state index in [2.05, 4.69) is 5.32 Å². The van der Waals surface area contributed by atoms with Crippen molar-refractivity contribution in [3.8, 4) is 0 Å². The Labute approximate surface area is 144 Å². The number of ether oxygens (including phenoxy) is 2. The number of alkyl carbamates (subject to hydrolysis) is 1. The molecule has 0 radical (unpaired) electrons. The highest BCUT2D eigenvalue weighted by Crippen LogP contribution is 2.23. The zero-order valence-corrected chi connectivity index (χ0v) is 14.2. The fourth-order valence-corrected chi connectivity index (χ4v) is 2.95. The van der Waals surface area contributed by atoms with Gasteiger partial charge in [-0.3, -0.25) is 0 Å². The van der Waals surface area contributed by atoms with E-state index >= 15 is 0 Å². The lowest BCUT2D eigenvalue weighted by atomic mass is 10.1. The van der Waals surface area contributed by atoms with Crippen molar-refractivity contribution >= 4 is 17.4 Å². The Bertz CT molecular complexity index is 631. The monoisotopic (exact) mass is 351 g/mol. The number of carbonyl (C=O) groups excluding carboxylic acids is 1. The fourth-order valence-electron chi connectivity index (χ4n) is 2.07. The van der Waals surface area contributed by atoms with Crippen LogP contribution in [0.5, 0.6) is 0 Å². The summed E-state index contributed by atoms with van der Waals surface area (Å²) in [5, 5.41) is 24.3. The van der Waals surface area contributed by atoms with Gasteiger partial charge in [-0.15, -0.1) is 11.3 Å². The maximum absolute atomic E-state index is 11.6. The van der Waals surface area contributed by atoms with Crippen LogP contribution in [-0.4, -0.2) is 36.1 Å². The summed E-state index contributed by atoms with van der Waals surface area (Å²) in [6, 6.07) is 11.1. The molecule has 2 unspecified atom stereocenters. The van der Waals surface area contributed by atoms with Gasteiger partial charge >= 0.3 is 6.09 Å². The second kappa shape index (κ2) is 9.39. The number of hydrogen-bond acceptors (Lipinski definition) is 6. The number of aliphatic hydroxyl groups is 2. The van der Waals surface area contributed by atoms with Gasteiger partial charge in [-0.1, -0.05) is 30.3 Å². The first-order chi connectivity index (χ1) is 11.6. The lowest BCUT2D eigenvalue weighted by molar-refractivity contribution is 0.0186. The van der Waals surface area contributed by atoms with Crippen molar-refractivity contribution in [2.45, 2.75) is 25.4 Å². The second-order valence-electron chi connectivity index (χ2n) is 5.23. The molecular weight excluding hydrogens is 330 g/mol. The van der Waals surface area contributed by atoms with Crippen molar-refractivity contribution in [2.75, 3.05) is 13.7 Å². The highest BCUT2D eigenvalue weighted by Gasteiger charge is 2.20. The molecule has 2 rings (SSSR count). The molecule has 0 saturated heterocycles. The van der Waals surface area contributed by atoms with E-state index < -0.39 is 18.3 Å². The summed E-state index contributed by atoms with van der Waals surface area (Å²) in [4.78, 5) is 12.6. The molecule has 0 saturated carbocycles. The average molecular weight is 351 g/mol. The van der Waals surface area contributed by atoms with Crippen LogP contribution >= 0.6 is 11.3 Å². The predicted molar refractivity (Wildman–Crippen MR) is 90.6 cm³/mol. The summed E-state index contributed by atoms with van der Waals surface area (Å²) >= 11 is 1.44. The van der Waals surface area contributed by atoms with E-state index in [4.69, 9.17) is 9.47 Å². The van der Waals surface area contributed by atoms with Crippen LogP contribution in [-0.2, 0) is 22.7 Å². The van der Waals surface area contributed by atoms with Gasteiger partial charge in [0, 0.05) is 18.5 Å². The largest absolute Gasteiger partial charge is 0.445 e. The smallest absolute Gasteiger partial charge is 0.407 e. The lowest BCUT2D eigenvalue weighted by Gasteiger charge is -2.17. The molecule has 0 aliphatic rings. The fraction of sp³-hybridized carbons (Fsp3) is 0.353. The molecule has 1 heterocycles. The van der Waals surface area contributed by atoms with E-state index in [1.165, 1.54) is 11.3 Å². The Morgan fingerprint density at radius 3 is 2.71 bits per heavy atom. The average Bonchev–Trinajstić information content (AvgIpc) is 3.07. The molecule has 1 aromatic carbocycles. The van der Waals surface area contributed by atoms with Gasteiger partial charge in [0.15, 0.2) is 0 Å². The first kappa shape index (κ1) is 18.4. The zero-order chi connectivity index (χ0) is 17.4. The van der Waals surface area contributed by atoms with Crippen LogP contribution < -0.4 is 5.32 Å². The molecule has 0 spiro atoms. The molecular formula is C17H21NO5S. The summed E-state index contributed by atoms with van der Waals surface area (Å²) in [5.41, 5.74) is 1.47. The summed E-state index contributed by atoms with van der Waals surface area (Å²) in [5.74, 6) is 0. The molecule has 1 amide bonds. The standard InChI is InChI=1S/C17H21NO5S/c1-22-10-14-7-13(11-24-14)16(20)15(19)8-18-17(21)23-9-12-5-3-2-4-6-12/h2-7,11,15-16,19-20H,8-10H2,1H3,(H,18,21). The number of aliphatic hydroxyl groups excluding tert-OH is 2. The molecule has 0 fully saturated rings. The maximum Gasteiger partial charge on any atom is 0.407 e. The van der Waals surface area contributed by atoms with Crippen LogP contribution in [0.2, 0.25) is 0 Å². The predicted octanol–water partition coefficient (Wildman–Crippen LogP) is 2.22. The van der Waals surface area contributed by atoms with E-state index in [9.17, 15) is 15.0 Å². The Morgan fingerprint density at radius 2 is 2.00 bits per heavy atom. The Morgan fingerprint density at radius 1 is 1.25 bits per heavy atom. The lowest BCUT2D eigenvalue weighted by Crippen LogP contribution is -2.35. The van der Waals surface area contributed by atoms with E-state index in [0.717, 1.165) is 10.4 Å². The zero-order valence-electron chi connectivity index (χ0n) is 13.3. The molecule has 0 aliphatic heterocycles. The molecule has 7 heteroatoms. The minimum Gasteiger partial charge on any atom is -0.445 e. The van der Waals surface area contributed by atoms with Gasteiger partial charge < -0.3 is 25.0 Å². The number of benzene rings is 1. The van der Waals surface area contributed by atoms with Gasteiger partial charge in [-0.25, -0.2) is 4.79 Å². The van der Waals surface area contributed by atoms with Crippen LogP contribution in [0, 0.1) is 0 Å². The number of nitrogens with one attached hydrogen (secondary N) is 1. The molecule has 3 N–H and O–H groups in total. The van der Waals surface area contributed by atoms with Gasteiger partial charge in [0.2, 0.25) is 0 Å². The van der Waals surface area contributed by atoms with Gasteiger partial charge in [-0.2, -0.15) is 0 Å². The van der Waals surface area contributed by atoms with Gasteiger partial charge in [0.05, 0.1) is 6.61 Å². The van der Waals surface area contributed by atoms with Crippen molar-refractivity contribution in [2.24, 2.45) is 0 Å². The normalized spacial score (nSPS) is 13.3. The van der Waals surface area contributed by atoms with Crippen molar-refractivity contribution in [3.05, 3.63) is 57.8 Å². The van der Waals surface area contributed by atoms with Crippen LogP contribution in [0.4, 0.5) is 4.79 Å². The summed E-state index contributed by atoms with van der Waals surface area (Å²) in [6.07, 6.45) is -2.85.